The molecule has 0 fully saturated rings. The average Bonchev–Trinajstić information content (AvgIpc) is 2.86. The Labute approximate surface area is 128 Å². The zero-order valence-electron chi connectivity index (χ0n) is 12.8. The summed E-state index contributed by atoms with van der Waals surface area (Å²) < 4.78 is 6.81. The smallest absolute Gasteiger partial charge is 0.418 e. The number of rotatable bonds is 3. The van der Waals surface area contributed by atoms with Gasteiger partial charge in [-0.3, -0.25) is 14.8 Å². The summed E-state index contributed by atoms with van der Waals surface area (Å²) in [5, 5.41) is 3.81. The number of anilines is 1. The predicted octanol–water partition coefficient (Wildman–Crippen LogP) is 1.83. The number of hydrogen-bond acceptors (Lipinski definition) is 5. The van der Waals surface area contributed by atoms with E-state index in [9.17, 15) is 9.59 Å². The monoisotopic (exact) mass is 304 g/mol. The van der Waals surface area contributed by atoms with E-state index in [0.717, 1.165) is 16.6 Å². The van der Waals surface area contributed by atoms with Crippen LogP contribution in [-0.4, -0.2) is 28.7 Å². The molecule has 2 aromatic rings. The van der Waals surface area contributed by atoms with Crippen molar-refractivity contribution in [1.82, 2.24) is 9.99 Å². The molecule has 4 N–H and O–H groups in total. The molecule has 0 radical (unpaired) electrons. The van der Waals surface area contributed by atoms with Crippen LogP contribution in [0, 0.1) is 0 Å². The maximum Gasteiger partial charge on any atom is 0.418 e. The Morgan fingerprint density at radius 3 is 2.64 bits per heavy atom. The Bertz CT molecular complexity index is 700. The Kier molecular flexibility index (Phi) is 4.37. The van der Waals surface area contributed by atoms with E-state index in [1.165, 1.54) is 4.57 Å². The van der Waals surface area contributed by atoms with Crippen molar-refractivity contribution in [3.05, 3.63) is 30.5 Å². The molecule has 7 heteroatoms. The van der Waals surface area contributed by atoms with Gasteiger partial charge >= 0.3 is 6.09 Å². The zero-order chi connectivity index (χ0) is 16.3. The third kappa shape index (κ3) is 3.76. The van der Waals surface area contributed by atoms with Crippen molar-refractivity contribution in [2.45, 2.75) is 26.4 Å². The third-order valence-corrected chi connectivity index (χ3v) is 2.89. The van der Waals surface area contributed by atoms with Crippen molar-refractivity contribution < 1.29 is 14.3 Å². The highest BCUT2D eigenvalue weighted by molar-refractivity contribution is 5.91. The van der Waals surface area contributed by atoms with E-state index in [0.29, 0.717) is 0 Å². The molecule has 0 aliphatic heterocycles. The van der Waals surface area contributed by atoms with Gasteiger partial charge in [-0.05, 0) is 45.0 Å². The largest absolute Gasteiger partial charge is 0.443 e. The van der Waals surface area contributed by atoms with Crippen molar-refractivity contribution in [3.8, 4) is 0 Å². The van der Waals surface area contributed by atoms with Gasteiger partial charge in [-0.1, -0.05) is 0 Å². The lowest BCUT2D eigenvalue weighted by Crippen LogP contribution is -2.35. The first-order chi connectivity index (χ1) is 10.3. The van der Waals surface area contributed by atoms with Crippen LogP contribution in [0.2, 0.25) is 0 Å². The van der Waals surface area contributed by atoms with Crippen molar-refractivity contribution >= 4 is 28.6 Å². The number of benzene rings is 1. The summed E-state index contributed by atoms with van der Waals surface area (Å²) in [7, 11) is 0. The Morgan fingerprint density at radius 2 is 2.00 bits per heavy atom. The number of fused-ring (bicyclic) bond motifs is 1. The van der Waals surface area contributed by atoms with Crippen LogP contribution in [0.5, 0.6) is 0 Å². The molecule has 0 spiro atoms. The van der Waals surface area contributed by atoms with Gasteiger partial charge in [0.15, 0.2) is 0 Å². The quantitative estimate of drug-likeness (QED) is 0.456. The molecule has 1 aromatic carbocycles. The lowest BCUT2D eigenvalue weighted by molar-refractivity contribution is -0.119. The molecule has 2 rings (SSSR count). The summed E-state index contributed by atoms with van der Waals surface area (Å²) in [6, 6.07) is 7.24. The number of amides is 1. The van der Waals surface area contributed by atoms with Gasteiger partial charge < -0.3 is 10.1 Å². The number of carbonyl (C=O) groups excluding carboxylic acids is 2. The molecular weight excluding hydrogens is 284 g/mol. The minimum absolute atomic E-state index is 0.0782. The van der Waals surface area contributed by atoms with Gasteiger partial charge in [0, 0.05) is 17.3 Å². The second-order valence-electron chi connectivity index (χ2n) is 5.86. The number of hydrazine groups is 1. The van der Waals surface area contributed by atoms with E-state index in [2.05, 4.69) is 5.32 Å². The van der Waals surface area contributed by atoms with Gasteiger partial charge in [-0.15, -0.1) is 0 Å². The first-order valence-corrected chi connectivity index (χ1v) is 6.88. The van der Waals surface area contributed by atoms with Crippen molar-refractivity contribution in [2.24, 2.45) is 5.84 Å². The molecule has 0 saturated heterocycles. The number of ether oxygens (including phenoxy) is 1. The average molecular weight is 304 g/mol. The van der Waals surface area contributed by atoms with Crippen LogP contribution in [0.15, 0.2) is 30.5 Å². The Hall–Kier alpha value is -2.54. The molecule has 0 aliphatic carbocycles. The first kappa shape index (κ1) is 15.8. The number of nitrogens with one attached hydrogen (secondary N) is 2. The maximum atomic E-state index is 12.1. The second kappa shape index (κ2) is 6.07. The van der Waals surface area contributed by atoms with Crippen molar-refractivity contribution in [2.75, 3.05) is 11.9 Å². The van der Waals surface area contributed by atoms with E-state index in [1.807, 2.05) is 38.3 Å². The van der Waals surface area contributed by atoms with Crippen LogP contribution in [0.4, 0.5) is 10.5 Å². The summed E-state index contributed by atoms with van der Waals surface area (Å²) in [6.07, 6.45) is 1.24. The van der Waals surface area contributed by atoms with Gasteiger partial charge in [-0.2, -0.15) is 0 Å². The summed E-state index contributed by atoms with van der Waals surface area (Å²) >= 11 is 0. The number of carbonyl (C=O) groups is 2. The topological polar surface area (TPSA) is 98.4 Å². The molecule has 118 valence electrons. The predicted molar refractivity (Wildman–Crippen MR) is 84.4 cm³/mol. The maximum absolute atomic E-state index is 12.1. The fourth-order valence-electron chi connectivity index (χ4n) is 1.96. The first-order valence-electron chi connectivity index (χ1n) is 6.88. The highest BCUT2D eigenvalue weighted by Crippen LogP contribution is 2.21. The normalized spacial score (nSPS) is 11.3. The zero-order valence-corrected chi connectivity index (χ0v) is 12.8. The molecule has 0 saturated carbocycles. The van der Waals surface area contributed by atoms with Gasteiger partial charge in [0.1, 0.15) is 5.60 Å². The third-order valence-electron chi connectivity index (χ3n) is 2.89. The van der Waals surface area contributed by atoms with Gasteiger partial charge in [0.2, 0.25) is 0 Å². The molecule has 1 heterocycles. The minimum Gasteiger partial charge on any atom is -0.443 e. The Morgan fingerprint density at radius 1 is 1.27 bits per heavy atom. The fourth-order valence-corrected chi connectivity index (χ4v) is 1.96. The summed E-state index contributed by atoms with van der Waals surface area (Å²) in [5.41, 5.74) is 3.00. The number of aromatic nitrogens is 1. The minimum atomic E-state index is -0.551. The van der Waals surface area contributed by atoms with Crippen LogP contribution >= 0.6 is 0 Å². The summed E-state index contributed by atoms with van der Waals surface area (Å²) in [6.45, 7) is 5.54. The van der Waals surface area contributed by atoms with Gasteiger partial charge in [-0.25, -0.2) is 10.6 Å². The van der Waals surface area contributed by atoms with E-state index < -0.39 is 11.7 Å². The van der Waals surface area contributed by atoms with E-state index in [4.69, 9.17) is 10.6 Å². The summed E-state index contributed by atoms with van der Waals surface area (Å²) in [4.78, 5) is 23.2. The molecule has 1 amide bonds. The van der Waals surface area contributed by atoms with Crippen LogP contribution < -0.4 is 16.6 Å². The standard InChI is InChI=1S/C15H20N4O3/c1-15(2,3)22-14(21)19-7-6-10-8-11(4-5-12(10)19)17-9-13(20)18-16/h4-8,17H,9,16H2,1-3H3,(H,18,20). The number of nitrogens with zero attached hydrogens (tertiary/aromatic N) is 1. The molecule has 0 unspecified atom stereocenters. The van der Waals surface area contributed by atoms with E-state index in [-0.39, 0.29) is 12.5 Å². The van der Waals surface area contributed by atoms with Crippen LogP contribution in [0.25, 0.3) is 10.9 Å². The number of hydrogen-bond donors (Lipinski definition) is 3. The molecule has 0 bridgehead atoms. The van der Waals surface area contributed by atoms with Gasteiger partial charge in [0.05, 0.1) is 12.1 Å². The van der Waals surface area contributed by atoms with Crippen LogP contribution in [-0.2, 0) is 9.53 Å². The van der Waals surface area contributed by atoms with Crippen molar-refractivity contribution in [3.63, 3.8) is 0 Å². The Balaban J connectivity index is 2.19. The molecule has 22 heavy (non-hydrogen) atoms. The lowest BCUT2D eigenvalue weighted by atomic mass is 10.2. The van der Waals surface area contributed by atoms with E-state index in [1.54, 1.807) is 18.3 Å². The number of nitrogens with two attached hydrogens (primary N) is 1. The molecule has 1 aromatic heterocycles. The highest BCUT2D eigenvalue weighted by Gasteiger charge is 2.18. The SMILES string of the molecule is CC(C)(C)OC(=O)n1ccc2cc(NCC(=O)NN)ccc21. The molecule has 0 aliphatic rings. The highest BCUT2D eigenvalue weighted by atomic mass is 16.6. The second-order valence-corrected chi connectivity index (χ2v) is 5.86. The fraction of sp³-hybridized carbons (Fsp3) is 0.333. The van der Waals surface area contributed by atoms with Crippen molar-refractivity contribution in [1.29, 1.82) is 0 Å². The van der Waals surface area contributed by atoms with Crippen LogP contribution in [0.3, 0.4) is 0 Å². The molecule has 0 atom stereocenters. The van der Waals surface area contributed by atoms with E-state index >= 15 is 0 Å². The molecule has 7 nitrogen and oxygen atoms in total. The lowest BCUT2D eigenvalue weighted by Gasteiger charge is -2.19. The summed E-state index contributed by atoms with van der Waals surface area (Å²) in [5.74, 6) is 4.71. The molecular formula is C15H20N4O3. The van der Waals surface area contributed by atoms with Crippen LogP contribution in [0.1, 0.15) is 20.8 Å². The van der Waals surface area contributed by atoms with Gasteiger partial charge in [0.25, 0.3) is 5.91 Å².